The second-order valence-corrected chi connectivity index (χ2v) is 2.24. The summed E-state index contributed by atoms with van der Waals surface area (Å²) in [6.45, 7) is 0. The van der Waals surface area contributed by atoms with Crippen molar-refractivity contribution in [3.63, 3.8) is 0 Å². The van der Waals surface area contributed by atoms with Crippen LogP contribution in [0.5, 0.6) is 5.75 Å². The molecular weight excluding hydrogens is 219 g/mol. The minimum Gasteiger partial charge on any atom is -0.870 e. The predicted molar refractivity (Wildman–Crippen MR) is 42.3 cm³/mol. The summed E-state index contributed by atoms with van der Waals surface area (Å²) in [5, 5.41) is 0. The number of halogens is 4. The van der Waals surface area contributed by atoms with Crippen LogP contribution in [-0.4, -0.2) is 25.2 Å². The van der Waals surface area contributed by atoms with E-state index < -0.39 is 17.9 Å². The molecule has 3 nitrogen and oxygen atoms in total. The molecule has 0 saturated heterocycles. The maximum absolute atomic E-state index is 12.6. The Morgan fingerprint density at radius 2 is 1.67 bits per heavy atom. The molecule has 0 heterocycles. The molecular formula is C7H5BF4O3. The maximum atomic E-state index is 12.6. The molecule has 0 unspecified atom stereocenters. The Labute approximate surface area is 83.7 Å². The van der Waals surface area contributed by atoms with Crippen LogP contribution in [0, 0.1) is 5.82 Å². The molecule has 15 heavy (non-hydrogen) atoms. The monoisotopic (exact) mass is 224 g/mol. The van der Waals surface area contributed by atoms with E-state index in [4.69, 9.17) is 7.85 Å². The van der Waals surface area contributed by atoms with Gasteiger partial charge < -0.3 is 11.0 Å². The van der Waals surface area contributed by atoms with Gasteiger partial charge in [0.1, 0.15) is 0 Å². The second-order valence-electron chi connectivity index (χ2n) is 2.24. The molecule has 0 aliphatic rings. The van der Waals surface area contributed by atoms with Crippen molar-refractivity contribution < 1.29 is 33.3 Å². The van der Waals surface area contributed by atoms with Gasteiger partial charge in [-0.25, -0.2) is 0 Å². The fourth-order valence-electron chi connectivity index (χ4n) is 0.723. The smallest absolute Gasteiger partial charge is 0.870 e. The molecule has 0 spiro atoms. The Hall–Kier alpha value is -1.28. The van der Waals surface area contributed by atoms with Gasteiger partial charge in [0.15, 0.2) is 0 Å². The molecule has 2 N–H and O–H groups in total. The Morgan fingerprint density at radius 3 is 2.13 bits per heavy atom. The van der Waals surface area contributed by atoms with Crippen LogP contribution < -0.4 is 10.2 Å². The van der Waals surface area contributed by atoms with Crippen molar-refractivity contribution in [2.24, 2.45) is 0 Å². The van der Waals surface area contributed by atoms with E-state index >= 15 is 0 Å². The predicted octanol–water partition coefficient (Wildman–Crippen LogP) is 1.16. The van der Waals surface area contributed by atoms with Crippen molar-refractivity contribution in [2.45, 2.75) is 6.36 Å². The summed E-state index contributed by atoms with van der Waals surface area (Å²) in [5.74, 6) is -2.03. The topological polar surface area (TPSA) is 69.2 Å². The normalized spacial score (nSPS) is 10.0. The average molecular weight is 224 g/mol. The Balaban J connectivity index is 0. The number of ether oxygens (including phenoxy) is 1. The van der Waals surface area contributed by atoms with E-state index in [1.54, 1.807) is 0 Å². The molecule has 0 aromatic heterocycles. The Kier molecular flexibility index (Phi) is 6.00. The largest absolute Gasteiger partial charge is 0.870 e. The molecule has 1 aromatic carbocycles. The molecule has 0 radical (unpaired) electrons. The third-order valence-electron chi connectivity index (χ3n) is 1.18. The fraction of sp³-hybridized carbons (Fsp3) is 0.143. The summed E-state index contributed by atoms with van der Waals surface area (Å²) < 4.78 is 50.8. The van der Waals surface area contributed by atoms with Crippen LogP contribution in [0.2, 0.25) is 0 Å². The van der Waals surface area contributed by atoms with Crippen LogP contribution in [0.25, 0.3) is 0 Å². The van der Waals surface area contributed by atoms with Gasteiger partial charge in [0.2, 0.25) is 0 Å². The first-order valence-corrected chi connectivity index (χ1v) is 3.19. The van der Waals surface area contributed by atoms with Crippen molar-refractivity contribution in [2.75, 3.05) is 0 Å². The molecule has 0 atom stereocenters. The zero-order chi connectivity index (χ0) is 10.1. The molecule has 82 valence electrons. The number of benzene rings is 1. The van der Waals surface area contributed by atoms with E-state index in [2.05, 4.69) is 4.74 Å². The Bertz CT molecular complexity index is 316. The van der Waals surface area contributed by atoms with Crippen LogP contribution in [0.15, 0.2) is 18.2 Å². The van der Waals surface area contributed by atoms with Crippen molar-refractivity contribution in [1.82, 2.24) is 0 Å². The van der Waals surface area contributed by atoms with E-state index in [0.717, 1.165) is 18.2 Å². The third kappa shape index (κ3) is 5.23. The van der Waals surface area contributed by atoms with Gasteiger partial charge in [0.25, 0.3) is 0 Å². The molecule has 1 rings (SSSR count). The number of rotatable bonds is 1. The Morgan fingerprint density at radius 1 is 1.13 bits per heavy atom. The van der Waals surface area contributed by atoms with E-state index in [1.165, 1.54) is 0 Å². The molecule has 0 amide bonds. The summed E-state index contributed by atoms with van der Waals surface area (Å²) in [6, 6.07) is 2.71. The van der Waals surface area contributed by atoms with Gasteiger partial charge in [0.05, 0.1) is 0 Å². The van der Waals surface area contributed by atoms with Gasteiger partial charge in [-0.3, -0.25) is 0 Å². The number of hydrogen-bond acceptors (Lipinski definition) is 3. The van der Waals surface area contributed by atoms with Gasteiger partial charge in [-0.05, 0) is 0 Å². The summed E-state index contributed by atoms with van der Waals surface area (Å²) in [6.07, 6.45) is -4.91. The fourth-order valence-corrected chi connectivity index (χ4v) is 0.723. The molecule has 0 saturated carbocycles. The molecule has 0 aliphatic carbocycles. The first-order chi connectivity index (χ1) is 5.88. The van der Waals surface area contributed by atoms with Gasteiger partial charge in [0, 0.05) is 0 Å². The summed E-state index contributed by atoms with van der Waals surface area (Å²) in [7, 11) is 5.13. The average Bonchev–Trinajstić information content (AvgIpc) is 1.94. The summed E-state index contributed by atoms with van der Waals surface area (Å²) in [4.78, 5) is 0. The van der Waals surface area contributed by atoms with Crippen molar-refractivity contribution in [3.8, 4) is 5.75 Å². The van der Waals surface area contributed by atoms with E-state index in [-0.39, 0.29) is 16.4 Å². The molecule has 0 aliphatic heterocycles. The van der Waals surface area contributed by atoms with Gasteiger partial charge in [-0.1, -0.05) is 0 Å². The SMILES string of the molecule is [B+2]c1ccc(F)c(OC(F)(F)F)c1.[OH-].[OH-]. The first-order valence-electron chi connectivity index (χ1n) is 3.19. The van der Waals surface area contributed by atoms with Crippen LogP contribution in [0.3, 0.4) is 0 Å². The van der Waals surface area contributed by atoms with Gasteiger partial charge >= 0.3 is 71.7 Å². The minimum atomic E-state index is -4.91. The molecule has 0 fully saturated rings. The zero-order valence-corrected chi connectivity index (χ0v) is 7.12. The van der Waals surface area contributed by atoms with Gasteiger partial charge in [-0.15, -0.1) is 0 Å². The van der Waals surface area contributed by atoms with E-state index in [9.17, 15) is 17.6 Å². The van der Waals surface area contributed by atoms with Gasteiger partial charge in [-0.2, -0.15) is 0 Å². The molecule has 8 heteroatoms. The summed E-state index contributed by atoms with van der Waals surface area (Å²) in [5.41, 5.74) is 0.000602. The number of alkyl halides is 3. The first kappa shape index (κ1) is 16.2. The van der Waals surface area contributed by atoms with Crippen molar-refractivity contribution in [3.05, 3.63) is 24.0 Å². The second kappa shape index (κ2) is 5.57. The quantitative estimate of drug-likeness (QED) is 0.530. The number of hydrogen-bond donors (Lipinski definition) is 0. The molecule has 0 bridgehead atoms. The minimum absolute atomic E-state index is 0. The third-order valence-corrected chi connectivity index (χ3v) is 1.18. The maximum Gasteiger partial charge on any atom is -0.870 e. The van der Waals surface area contributed by atoms with Crippen molar-refractivity contribution in [1.29, 1.82) is 0 Å². The van der Waals surface area contributed by atoms with E-state index in [0.29, 0.717) is 0 Å². The van der Waals surface area contributed by atoms with Crippen LogP contribution in [0.1, 0.15) is 0 Å². The molecule has 1 aromatic rings. The van der Waals surface area contributed by atoms with Crippen molar-refractivity contribution >= 4 is 13.3 Å². The zero-order valence-electron chi connectivity index (χ0n) is 7.12. The van der Waals surface area contributed by atoms with Crippen LogP contribution in [-0.2, 0) is 0 Å². The van der Waals surface area contributed by atoms with Crippen LogP contribution in [0.4, 0.5) is 17.6 Å². The summed E-state index contributed by atoms with van der Waals surface area (Å²) >= 11 is 0. The standard InChI is InChI=1S/C7H3BF4O.2H2O/c8-4-1-2-5(9)6(3-4)13-7(10,11)12;;/h1-3H;2*1H2/q+2;;/p-2. The van der Waals surface area contributed by atoms with E-state index in [1.807, 2.05) is 0 Å². The van der Waals surface area contributed by atoms with Crippen LogP contribution >= 0.6 is 0 Å².